The molecule has 0 aromatic heterocycles. The van der Waals surface area contributed by atoms with Crippen molar-refractivity contribution in [1.29, 1.82) is 0 Å². The van der Waals surface area contributed by atoms with Crippen molar-refractivity contribution < 1.29 is 9.47 Å². The average molecular weight is 313 g/mol. The largest absolute Gasteiger partial charge is 0.346 e. The highest BCUT2D eigenvalue weighted by atomic mass is 79.9. The first-order valence-corrected chi connectivity index (χ1v) is 7.91. The van der Waals surface area contributed by atoms with E-state index in [0.29, 0.717) is 13.2 Å². The monoisotopic (exact) mass is 312 g/mol. The van der Waals surface area contributed by atoms with Gasteiger partial charge in [-0.15, -0.1) is 0 Å². The molecule has 0 amide bonds. The quantitative estimate of drug-likeness (QED) is 0.554. The molecule has 1 fully saturated rings. The fourth-order valence-electron chi connectivity index (χ4n) is 2.29. The van der Waals surface area contributed by atoms with Gasteiger partial charge in [0.25, 0.3) is 0 Å². The fraction of sp³-hybridized carbons (Fsp3) is 0.600. The van der Waals surface area contributed by atoms with Crippen LogP contribution in [-0.2, 0) is 15.9 Å². The van der Waals surface area contributed by atoms with Crippen molar-refractivity contribution in [2.24, 2.45) is 0 Å². The molecular weight excluding hydrogens is 292 g/mol. The molecule has 1 heterocycles. The highest BCUT2D eigenvalue weighted by molar-refractivity contribution is 9.09. The fourth-order valence-corrected chi connectivity index (χ4v) is 2.69. The molecule has 0 saturated carbocycles. The SMILES string of the molecule is BrCCCCCCc1ccccc1C1OCCO1. The highest BCUT2D eigenvalue weighted by Crippen LogP contribution is 2.27. The summed E-state index contributed by atoms with van der Waals surface area (Å²) in [5, 5.41) is 1.12. The maximum atomic E-state index is 5.60. The molecule has 0 N–H and O–H groups in total. The van der Waals surface area contributed by atoms with Crippen LogP contribution < -0.4 is 0 Å². The standard InChI is InChI=1S/C15H21BrO2/c16-10-6-2-1-3-7-13-8-4-5-9-14(13)15-17-11-12-18-15/h4-5,8-9,15H,1-3,6-7,10-12H2. The molecular formula is C15H21BrO2. The van der Waals surface area contributed by atoms with Crippen LogP contribution in [0.25, 0.3) is 0 Å². The Kier molecular flexibility index (Phi) is 6.18. The molecule has 1 aromatic carbocycles. The Morgan fingerprint density at radius 3 is 2.50 bits per heavy atom. The minimum atomic E-state index is -0.135. The molecule has 0 atom stereocenters. The second kappa shape index (κ2) is 7.93. The Morgan fingerprint density at radius 1 is 1.00 bits per heavy atom. The number of alkyl halides is 1. The molecule has 0 radical (unpaired) electrons. The van der Waals surface area contributed by atoms with Crippen LogP contribution in [0.3, 0.4) is 0 Å². The van der Waals surface area contributed by atoms with E-state index >= 15 is 0 Å². The van der Waals surface area contributed by atoms with Crippen LogP contribution in [0.4, 0.5) is 0 Å². The summed E-state index contributed by atoms with van der Waals surface area (Å²) in [6.45, 7) is 1.43. The van der Waals surface area contributed by atoms with Crippen molar-refractivity contribution in [2.75, 3.05) is 18.5 Å². The van der Waals surface area contributed by atoms with Gasteiger partial charge in [0.05, 0.1) is 13.2 Å². The van der Waals surface area contributed by atoms with Gasteiger partial charge in [-0.3, -0.25) is 0 Å². The van der Waals surface area contributed by atoms with Crippen LogP contribution in [0.1, 0.15) is 43.1 Å². The normalized spacial score (nSPS) is 16.3. The summed E-state index contributed by atoms with van der Waals surface area (Å²) in [7, 11) is 0. The van der Waals surface area contributed by atoms with Gasteiger partial charge in [-0.05, 0) is 24.8 Å². The molecule has 0 bridgehead atoms. The first-order valence-electron chi connectivity index (χ1n) is 6.79. The number of hydrogen-bond acceptors (Lipinski definition) is 2. The van der Waals surface area contributed by atoms with Gasteiger partial charge in [0.1, 0.15) is 0 Å². The van der Waals surface area contributed by atoms with E-state index in [1.165, 1.54) is 36.8 Å². The van der Waals surface area contributed by atoms with Crippen molar-refractivity contribution in [3.63, 3.8) is 0 Å². The molecule has 18 heavy (non-hydrogen) atoms. The summed E-state index contributed by atoms with van der Waals surface area (Å²) in [4.78, 5) is 0. The van der Waals surface area contributed by atoms with Gasteiger partial charge in [0.15, 0.2) is 6.29 Å². The summed E-state index contributed by atoms with van der Waals surface area (Å²) in [6.07, 6.45) is 6.12. The van der Waals surface area contributed by atoms with E-state index in [9.17, 15) is 0 Å². The van der Waals surface area contributed by atoms with Crippen LogP contribution in [0, 0.1) is 0 Å². The first kappa shape index (κ1) is 14.0. The predicted molar refractivity (Wildman–Crippen MR) is 77.1 cm³/mol. The second-order valence-electron chi connectivity index (χ2n) is 4.63. The third-order valence-corrected chi connectivity index (χ3v) is 3.82. The Balaban J connectivity index is 1.86. The second-order valence-corrected chi connectivity index (χ2v) is 5.42. The number of hydrogen-bond donors (Lipinski definition) is 0. The molecule has 2 nitrogen and oxygen atoms in total. The number of rotatable bonds is 7. The number of benzene rings is 1. The van der Waals surface area contributed by atoms with Crippen molar-refractivity contribution in [1.82, 2.24) is 0 Å². The van der Waals surface area contributed by atoms with Crippen molar-refractivity contribution in [2.45, 2.75) is 38.4 Å². The lowest BCUT2D eigenvalue weighted by atomic mass is 10.0. The molecule has 1 aliphatic rings. The molecule has 2 rings (SSSR count). The van der Waals surface area contributed by atoms with Gasteiger partial charge >= 0.3 is 0 Å². The van der Waals surface area contributed by atoms with E-state index in [1.54, 1.807) is 0 Å². The maximum absolute atomic E-state index is 5.60. The van der Waals surface area contributed by atoms with Gasteiger partial charge < -0.3 is 9.47 Å². The summed E-state index contributed by atoms with van der Waals surface area (Å²) in [6, 6.07) is 8.50. The van der Waals surface area contributed by atoms with E-state index in [0.717, 1.165) is 11.8 Å². The lowest BCUT2D eigenvalue weighted by Gasteiger charge is -2.14. The highest BCUT2D eigenvalue weighted by Gasteiger charge is 2.20. The Labute approximate surface area is 118 Å². The zero-order chi connectivity index (χ0) is 12.6. The molecule has 1 saturated heterocycles. The Morgan fingerprint density at radius 2 is 1.72 bits per heavy atom. The Hall–Kier alpha value is -0.380. The zero-order valence-electron chi connectivity index (χ0n) is 10.7. The zero-order valence-corrected chi connectivity index (χ0v) is 12.3. The molecule has 0 aliphatic carbocycles. The summed E-state index contributed by atoms with van der Waals surface area (Å²) >= 11 is 3.47. The molecule has 1 aromatic rings. The maximum Gasteiger partial charge on any atom is 0.184 e. The Bertz CT molecular complexity index is 348. The van der Waals surface area contributed by atoms with Gasteiger partial charge in [-0.25, -0.2) is 0 Å². The van der Waals surface area contributed by atoms with E-state index in [1.807, 2.05) is 0 Å². The number of aryl methyl sites for hydroxylation is 1. The topological polar surface area (TPSA) is 18.5 Å². The van der Waals surface area contributed by atoms with Gasteiger partial charge in [-0.2, -0.15) is 0 Å². The minimum absolute atomic E-state index is 0.135. The van der Waals surface area contributed by atoms with Gasteiger partial charge in [0.2, 0.25) is 0 Å². The number of halogens is 1. The van der Waals surface area contributed by atoms with E-state index in [2.05, 4.69) is 40.2 Å². The smallest absolute Gasteiger partial charge is 0.184 e. The lowest BCUT2D eigenvalue weighted by molar-refractivity contribution is -0.0447. The average Bonchev–Trinajstić information content (AvgIpc) is 2.93. The van der Waals surface area contributed by atoms with E-state index in [4.69, 9.17) is 9.47 Å². The van der Waals surface area contributed by atoms with Crippen LogP contribution in [0.15, 0.2) is 24.3 Å². The summed E-state index contributed by atoms with van der Waals surface area (Å²) in [5.74, 6) is 0. The molecule has 1 aliphatic heterocycles. The summed E-state index contributed by atoms with van der Waals surface area (Å²) < 4.78 is 11.2. The number of unbranched alkanes of at least 4 members (excludes halogenated alkanes) is 3. The third-order valence-electron chi connectivity index (χ3n) is 3.26. The predicted octanol–water partition coefficient (Wildman–Crippen LogP) is 4.23. The molecule has 0 unspecified atom stereocenters. The van der Waals surface area contributed by atoms with Crippen LogP contribution in [0.2, 0.25) is 0 Å². The van der Waals surface area contributed by atoms with Gasteiger partial charge in [-0.1, -0.05) is 53.0 Å². The van der Waals surface area contributed by atoms with E-state index < -0.39 is 0 Å². The number of ether oxygens (including phenoxy) is 2. The van der Waals surface area contributed by atoms with Gasteiger partial charge in [0, 0.05) is 10.9 Å². The van der Waals surface area contributed by atoms with Crippen molar-refractivity contribution in [3.05, 3.63) is 35.4 Å². The molecule has 100 valence electrons. The molecule has 0 spiro atoms. The van der Waals surface area contributed by atoms with Crippen molar-refractivity contribution in [3.8, 4) is 0 Å². The van der Waals surface area contributed by atoms with Crippen LogP contribution in [-0.4, -0.2) is 18.5 Å². The van der Waals surface area contributed by atoms with Crippen LogP contribution in [0.5, 0.6) is 0 Å². The lowest BCUT2D eigenvalue weighted by Crippen LogP contribution is -2.03. The third kappa shape index (κ3) is 4.08. The summed E-state index contributed by atoms with van der Waals surface area (Å²) in [5.41, 5.74) is 2.60. The minimum Gasteiger partial charge on any atom is -0.346 e. The van der Waals surface area contributed by atoms with Crippen molar-refractivity contribution >= 4 is 15.9 Å². The van der Waals surface area contributed by atoms with Crippen LogP contribution >= 0.6 is 15.9 Å². The molecule has 3 heteroatoms. The van der Waals surface area contributed by atoms with E-state index in [-0.39, 0.29) is 6.29 Å². The first-order chi connectivity index (χ1) is 8.92.